The van der Waals surface area contributed by atoms with Gasteiger partial charge in [0.05, 0.1) is 5.56 Å². The Morgan fingerprint density at radius 1 is 1.25 bits per heavy atom. The van der Waals surface area contributed by atoms with Crippen LogP contribution in [0.5, 0.6) is 0 Å². The van der Waals surface area contributed by atoms with E-state index in [-0.39, 0.29) is 11.6 Å². The van der Waals surface area contributed by atoms with Crippen LogP contribution in [-0.2, 0) is 4.74 Å². The lowest BCUT2D eigenvalue weighted by molar-refractivity contribution is -0.127. The van der Waals surface area contributed by atoms with E-state index in [1.165, 1.54) is 25.7 Å². The zero-order chi connectivity index (χ0) is 14.0. The monoisotopic (exact) mass is 270 g/mol. The van der Waals surface area contributed by atoms with Gasteiger partial charge in [-0.3, -0.25) is 0 Å². The van der Waals surface area contributed by atoms with E-state index in [4.69, 9.17) is 4.74 Å². The highest BCUT2D eigenvalue weighted by Gasteiger charge is 2.55. The van der Waals surface area contributed by atoms with E-state index < -0.39 is 0 Å². The Kier molecular flexibility index (Phi) is 3.64. The van der Waals surface area contributed by atoms with Crippen LogP contribution in [0.4, 0.5) is 0 Å². The second-order valence-corrected chi connectivity index (χ2v) is 6.07. The fourth-order valence-electron chi connectivity index (χ4n) is 3.93. The normalized spacial score (nSPS) is 32.5. The summed E-state index contributed by atoms with van der Waals surface area (Å²) in [5, 5.41) is 0. The summed E-state index contributed by atoms with van der Waals surface area (Å²) in [5.74, 6) is 1.09. The third-order valence-electron chi connectivity index (χ3n) is 4.86. The summed E-state index contributed by atoms with van der Waals surface area (Å²) >= 11 is 0. The molecule has 0 N–H and O–H groups in total. The quantitative estimate of drug-likeness (QED) is 0.602. The van der Waals surface area contributed by atoms with E-state index in [1.54, 1.807) is 0 Å². The zero-order valence-electron chi connectivity index (χ0n) is 12.0. The Bertz CT molecular complexity index is 505. The minimum Gasteiger partial charge on any atom is -0.451 e. The second-order valence-electron chi connectivity index (χ2n) is 6.07. The number of carbonyl (C=O) groups excluding carboxylic acids is 1. The second kappa shape index (κ2) is 5.43. The van der Waals surface area contributed by atoms with Crippen LogP contribution in [0.2, 0.25) is 0 Å². The minimum atomic E-state index is -0.341. The molecule has 2 aliphatic carbocycles. The van der Waals surface area contributed by atoms with E-state index in [9.17, 15) is 4.79 Å². The summed E-state index contributed by atoms with van der Waals surface area (Å²) in [5.41, 5.74) is 0.308. The van der Waals surface area contributed by atoms with Crippen LogP contribution in [0.15, 0.2) is 42.5 Å². The van der Waals surface area contributed by atoms with Crippen LogP contribution in [0.3, 0.4) is 0 Å². The van der Waals surface area contributed by atoms with Crippen molar-refractivity contribution in [3.63, 3.8) is 0 Å². The lowest BCUT2D eigenvalue weighted by Gasteiger charge is -2.55. The first-order chi connectivity index (χ1) is 9.75. The minimum absolute atomic E-state index is 0.187. The summed E-state index contributed by atoms with van der Waals surface area (Å²) in [7, 11) is 0. The van der Waals surface area contributed by atoms with E-state index >= 15 is 0 Å². The van der Waals surface area contributed by atoms with Gasteiger partial charge in [-0.2, -0.15) is 0 Å². The molecule has 106 valence electrons. The van der Waals surface area contributed by atoms with Gasteiger partial charge in [-0.05, 0) is 50.3 Å². The predicted octanol–water partition coefficient (Wildman–Crippen LogP) is 4.37. The van der Waals surface area contributed by atoms with Gasteiger partial charge in [-0.1, -0.05) is 37.1 Å². The molecule has 2 saturated carbocycles. The maximum atomic E-state index is 12.3. The molecule has 0 bridgehead atoms. The molecule has 0 aliphatic heterocycles. The smallest absolute Gasteiger partial charge is 0.339 e. The Morgan fingerprint density at radius 2 is 2.00 bits per heavy atom. The van der Waals surface area contributed by atoms with E-state index in [1.807, 2.05) is 43.3 Å². The van der Waals surface area contributed by atoms with E-state index in [2.05, 4.69) is 6.08 Å². The molecule has 0 heterocycles. The average Bonchev–Trinajstić information content (AvgIpc) is 2.47. The van der Waals surface area contributed by atoms with Gasteiger partial charge in [0.1, 0.15) is 5.60 Å². The van der Waals surface area contributed by atoms with Crippen molar-refractivity contribution in [3.8, 4) is 0 Å². The molecule has 0 saturated heterocycles. The summed E-state index contributed by atoms with van der Waals surface area (Å²) in [6.07, 6.45) is 10.2. The van der Waals surface area contributed by atoms with Crippen molar-refractivity contribution in [2.75, 3.05) is 0 Å². The topological polar surface area (TPSA) is 26.3 Å². The van der Waals surface area contributed by atoms with Gasteiger partial charge >= 0.3 is 5.97 Å². The number of fused-ring (bicyclic) bond motifs is 1. The van der Waals surface area contributed by atoms with Gasteiger partial charge in [0, 0.05) is 5.92 Å². The average molecular weight is 270 g/mol. The van der Waals surface area contributed by atoms with Crippen molar-refractivity contribution in [2.45, 2.75) is 44.6 Å². The molecule has 0 spiro atoms. The van der Waals surface area contributed by atoms with Gasteiger partial charge in [0.25, 0.3) is 0 Å². The lowest BCUT2D eigenvalue weighted by atomic mass is 9.55. The first kappa shape index (κ1) is 13.4. The van der Waals surface area contributed by atoms with Crippen LogP contribution >= 0.6 is 0 Å². The molecular weight excluding hydrogens is 248 g/mol. The number of carbonyl (C=O) groups is 1. The molecule has 2 heteroatoms. The predicted molar refractivity (Wildman–Crippen MR) is 79.5 cm³/mol. The van der Waals surface area contributed by atoms with Gasteiger partial charge in [0.2, 0.25) is 0 Å². The first-order valence-corrected chi connectivity index (χ1v) is 7.67. The van der Waals surface area contributed by atoms with E-state index in [0.29, 0.717) is 11.5 Å². The standard InChI is InChI=1S/C18H22O2/c1-2-12-18(13-15-10-6-7-11-16(15)18)20-17(19)14-8-4-3-5-9-14/h2-5,8-9,12,15-16H,6-7,10-11,13H2,1H3/b12-2+/t15-,16+,18-/m1/s1. The fraction of sp³-hybridized carbons (Fsp3) is 0.500. The van der Waals surface area contributed by atoms with Gasteiger partial charge in [-0.25, -0.2) is 4.79 Å². The number of benzene rings is 1. The molecule has 2 aliphatic rings. The highest BCUT2D eigenvalue weighted by atomic mass is 16.6. The van der Waals surface area contributed by atoms with Crippen molar-refractivity contribution >= 4 is 5.97 Å². The van der Waals surface area contributed by atoms with Crippen molar-refractivity contribution in [2.24, 2.45) is 11.8 Å². The summed E-state index contributed by atoms with van der Waals surface area (Å²) < 4.78 is 5.94. The van der Waals surface area contributed by atoms with Crippen LogP contribution in [0, 0.1) is 11.8 Å². The maximum absolute atomic E-state index is 12.3. The number of rotatable bonds is 3. The summed E-state index contributed by atoms with van der Waals surface area (Å²) in [6.45, 7) is 2.01. The van der Waals surface area contributed by atoms with Crippen LogP contribution in [-0.4, -0.2) is 11.6 Å². The Balaban J connectivity index is 1.77. The molecule has 3 atom stereocenters. The Morgan fingerprint density at radius 3 is 2.70 bits per heavy atom. The van der Waals surface area contributed by atoms with Crippen molar-refractivity contribution < 1.29 is 9.53 Å². The highest BCUT2D eigenvalue weighted by Crippen LogP contribution is 2.54. The third kappa shape index (κ3) is 2.28. The van der Waals surface area contributed by atoms with Crippen molar-refractivity contribution in [3.05, 3.63) is 48.0 Å². The maximum Gasteiger partial charge on any atom is 0.339 e. The summed E-state index contributed by atoms with van der Waals surface area (Å²) in [4.78, 5) is 12.3. The Hall–Kier alpha value is -1.57. The highest BCUT2D eigenvalue weighted by molar-refractivity contribution is 5.89. The first-order valence-electron chi connectivity index (χ1n) is 7.67. The Labute approximate surface area is 120 Å². The molecule has 20 heavy (non-hydrogen) atoms. The molecule has 2 nitrogen and oxygen atoms in total. The largest absolute Gasteiger partial charge is 0.451 e. The number of hydrogen-bond donors (Lipinski definition) is 0. The fourth-order valence-corrected chi connectivity index (χ4v) is 3.93. The van der Waals surface area contributed by atoms with Gasteiger partial charge < -0.3 is 4.74 Å². The lowest BCUT2D eigenvalue weighted by Crippen LogP contribution is -2.56. The molecule has 0 radical (unpaired) electrons. The van der Waals surface area contributed by atoms with Crippen LogP contribution in [0.25, 0.3) is 0 Å². The number of esters is 1. The SMILES string of the molecule is C/C=C/[C@@]1(OC(=O)c2ccccc2)C[C@H]2CCCC[C@@H]21. The summed E-state index contributed by atoms with van der Waals surface area (Å²) in [6, 6.07) is 9.32. The van der Waals surface area contributed by atoms with Crippen molar-refractivity contribution in [1.29, 1.82) is 0 Å². The number of ether oxygens (including phenoxy) is 1. The van der Waals surface area contributed by atoms with Crippen LogP contribution < -0.4 is 0 Å². The molecule has 0 amide bonds. The zero-order valence-corrected chi connectivity index (χ0v) is 12.0. The molecule has 1 aromatic carbocycles. The van der Waals surface area contributed by atoms with Gasteiger partial charge in [0.15, 0.2) is 0 Å². The number of hydrogen-bond acceptors (Lipinski definition) is 2. The molecule has 0 aromatic heterocycles. The molecule has 2 fully saturated rings. The van der Waals surface area contributed by atoms with Gasteiger partial charge in [-0.15, -0.1) is 0 Å². The molecule has 0 unspecified atom stereocenters. The van der Waals surface area contributed by atoms with Crippen LogP contribution in [0.1, 0.15) is 49.4 Å². The molecule has 3 rings (SSSR count). The van der Waals surface area contributed by atoms with E-state index in [0.717, 1.165) is 12.3 Å². The third-order valence-corrected chi connectivity index (χ3v) is 4.86. The van der Waals surface area contributed by atoms with Crippen molar-refractivity contribution in [1.82, 2.24) is 0 Å². The number of allylic oxidation sites excluding steroid dienone is 1. The molecular formula is C18H22O2. The molecule has 1 aromatic rings.